The quantitative estimate of drug-likeness (QED) is 0.878. The maximum atomic E-state index is 12.6. The smallest absolute Gasteiger partial charge is 0.244 e. The molecule has 0 amide bonds. The Morgan fingerprint density at radius 1 is 1.37 bits per heavy atom. The SMILES string of the molecule is CCN(CC(C)C)S(=O)(=O)c1cc(CN)ccc1Cl. The fourth-order valence-electron chi connectivity index (χ4n) is 1.82. The molecule has 0 saturated carbocycles. The van der Waals surface area contributed by atoms with Crippen LogP contribution in [0.3, 0.4) is 0 Å². The van der Waals surface area contributed by atoms with Crippen molar-refractivity contribution in [1.29, 1.82) is 0 Å². The first kappa shape index (κ1) is 16.4. The zero-order valence-corrected chi connectivity index (χ0v) is 13.1. The summed E-state index contributed by atoms with van der Waals surface area (Å²) in [5, 5.41) is 0.236. The minimum absolute atomic E-state index is 0.139. The van der Waals surface area contributed by atoms with E-state index < -0.39 is 10.0 Å². The van der Waals surface area contributed by atoms with E-state index in [0.29, 0.717) is 13.1 Å². The van der Waals surface area contributed by atoms with Crippen LogP contribution in [-0.2, 0) is 16.6 Å². The molecule has 1 rings (SSSR count). The van der Waals surface area contributed by atoms with Gasteiger partial charge < -0.3 is 5.73 Å². The van der Waals surface area contributed by atoms with Crippen molar-refractivity contribution in [3.8, 4) is 0 Å². The lowest BCUT2D eigenvalue weighted by molar-refractivity contribution is 0.381. The second-order valence-corrected chi connectivity index (χ2v) is 7.13. The normalized spacial score (nSPS) is 12.4. The van der Waals surface area contributed by atoms with E-state index in [4.69, 9.17) is 17.3 Å². The van der Waals surface area contributed by atoms with Crippen LogP contribution in [0.15, 0.2) is 23.1 Å². The van der Waals surface area contributed by atoms with Crippen LogP contribution in [0.25, 0.3) is 0 Å². The number of hydrogen-bond acceptors (Lipinski definition) is 3. The number of nitrogens with zero attached hydrogens (tertiary/aromatic N) is 1. The average molecular weight is 305 g/mol. The zero-order chi connectivity index (χ0) is 14.6. The molecule has 2 N–H and O–H groups in total. The third-order valence-corrected chi connectivity index (χ3v) is 5.19. The van der Waals surface area contributed by atoms with Crippen LogP contribution in [0.2, 0.25) is 5.02 Å². The van der Waals surface area contributed by atoms with E-state index >= 15 is 0 Å². The first-order chi connectivity index (χ1) is 8.82. The average Bonchev–Trinajstić information content (AvgIpc) is 2.35. The van der Waals surface area contributed by atoms with Crippen LogP contribution in [0.5, 0.6) is 0 Å². The van der Waals surface area contributed by atoms with Crippen molar-refractivity contribution in [2.75, 3.05) is 13.1 Å². The second kappa shape index (κ2) is 6.70. The summed E-state index contributed by atoms with van der Waals surface area (Å²) < 4.78 is 26.6. The lowest BCUT2D eigenvalue weighted by atomic mass is 10.2. The summed E-state index contributed by atoms with van der Waals surface area (Å²) in [6, 6.07) is 4.88. The summed E-state index contributed by atoms with van der Waals surface area (Å²) in [6.07, 6.45) is 0. The van der Waals surface area contributed by atoms with Crippen LogP contribution in [0, 0.1) is 5.92 Å². The van der Waals surface area contributed by atoms with Crippen molar-refractivity contribution < 1.29 is 8.42 Å². The molecular formula is C13H21ClN2O2S. The van der Waals surface area contributed by atoms with Gasteiger partial charge in [-0.05, 0) is 23.6 Å². The molecule has 0 unspecified atom stereocenters. The maximum Gasteiger partial charge on any atom is 0.244 e. The van der Waals surface area contributed by atoms with Gasteiger partial charge in [0.2, 0.25) is 10.0 Å². The molecule has 19 heavy (non-hydrogen) atoms. The number of sulfonamides is 1. The molecule has 0 aliphatic heterocycles. The lowest BCUT2D eigenvalue weighted by Crippen LogP contribution is -2.34. The molecule has 108 valence electrons. The summed E-state index contributed by atoms with van der Waals surface area (Å²) in [5.41, 5.74) is 6.30. The van der Waals surface area contributed by atoms with Crippen LogP contribution in [-0.4, -0.2) is 25.8 Å². The molecule has 0 atom stereocenters. The molecular weight excluding hydrogens is 284 g/mol. The van der Waals surface area contributed by atoms with E-state index in [9.17, 15) is 8.42 Å². The third kappa shape index (κ3) is 3.92. The summed E-state index contributed by atoms with van der Waals surface area (Å²) in [5.74, 6) is 0.256. The Morgan fingerprint density at radius 2 is 2.00 bits per heavy atom. The summed E-state index contributed by atoms with van der Waals surface area (Å²) in [7, 11) is -3.56. The Labute approximate surface area is 120 Å². The van der Waals surface area contributed by atoms with Crippen LogP contribution in [0.4, 0.5) is 0 Å². The van der Waals surface area contributed by atoms with Gasteiger partial charge in [-0.2, -0.15) is 4.31 Å². The molecule has 0 saturated heterocycles. The van der Waals surface area contributed by atoms with Crippen molar-refractivity contribution >= 4 is 21.6 Å². The van der Waals surface area contributed by atoms with E-state index in [2.05, 4.69) is 0 Å². The van der Waals surface area contributed by atoms with Gasteiger partial charge in [0.1, 0.15) is 4.90 Å². The van der Waals surface area contributed by atoms with Gasteiger partial charge in [-0.1, -0.05) is 38.4 Å². The Balaban J connectivity index is 3.24. The molecule has 4 nitrogen and oxygen atoms in total. The van der Waals surface area contributed by atoms with E-state index in [1.54, 1.807) is 18.2 Å². The number of benzene rings is 1. The highest BCUT2D eigenvalue weighted by molar-refractivity contribution is 7.89. The summed E-state index contributed by atoms with van der Waals surface area (Å²) >= 11 is 6.03. The van der Waals surface area contributed by atoms with E-state index in [0.717, 1.165) is 5.56 Å². The molecule has 1 aromatic rings. The minimum atomic E-state index is -3.56. The first-order valence-electron chi connectivity index (χ1n) is 6.31. The van der Waals surface area contributed by atoms with Gasteiger partial charge in [0.05, 0.1) is 5.02 Å². The van der Waals surface area contributed by atoms with Crippen LogP contribution < -0.4 is 5.73 Å². The monoisotopic (exact) mass is 304 g/mol. The lowest BCUT2D eigenvalue weighted by Gasteiger charge is -2.23. The van der Waals surface area contributed by atoms with Crippen molar-refractivity contribution in [3.05, 3.63) is 28.8 Å². The Bertz CT molecular complexity index is 529. The standard InChI is InChI=1S/C13H21ClN2O2S/c1-4-16(9-10(2)3)19(17,18)13-7-11(8-15)5-6-12(13)14/h5-7,10H,4,8-9,15H2,1-3H3. The number of nitrogens with two attached hydrogens (primary N) is 1. The van der Waals surface area contributed by atoms with Gasteiger partial charge in [0, 0.05) is 19.6 Å². The van der Waals surface area contributed by atoms with Gasteiger partial charge >= 0.3 is 0 Å². The number of hydrogen-bond donors (Lipinski definition) is 1. The van der Waals surface area contributed by atoms with Crippen LogP contribution in [0.1, 0.15) is 26.3 Å². The molecule has 0 aromatic heterocycles. The van der Waals surface area contributed by atoms with Gasteiger partial charge in [0.25, 0.3) is 0 Å². The van der Waals surface area contributed by atoms with Crippen molar-refractivity contribution in [2.45, 2.75) is 32.2 Å². The van der Waals surface area contributed by atoms with E-state index in [-0.39, 0.29) is 22.4 Å². The second-order valence-electron chi connectivity index (χ2n) is 4.82. The van der Waals surface area contributed by atoms with Crippen molar-refractivity contribution in [3.63, 3.8) is 0 Å². The molecule has 0 radical (unpaired) electrons. The van der Waals surface area contributed by atoms with Crippen molar-refractivity contribution in [1.82, 2.24) is 4.31 Å². The molecule has 0 bridgehead atoms. The van der Waals surface area contributed by atoms with Gasteiger partial charge in [-0.15, -0.1) is 0 Å². The molecule has 6 heteroatoms. The van der Waals surface area contributed by atoms with Crippen LogP contribution >= 0.6 is 11.6 Å². The maximum absolute atomic E-state index is 12.6. The molecule has 0 fully saturated rings. The minimum Gasteiger partial charge on any atom is -0.326 e. The highest BCUT2D eigenvalue weighted by Gasteiger charge is 2.26. The van der Waals surface area contributed by atoms with E-state index in [1.165, 1.54) is 4.31 Å². The topological polar surface area (TPSA) is 63.4 Å². The van der Waals surface area contributed by atoms with Crippen molar-refractivity contribution in [2.24, 2.45) is 11.7 Å². The predicted molar refractivity (Wildman–Crippen MR) is 78.6 cm³/mol. The fourth-order valence-corrected chi connectivity index (χ4v) is 3.95. The van der Waals surface area contributed by atoms with E-state index in [1.807, 2.05) is 20.8 Å². The first-order valence-corrected chi connectivity index (χ1v) is 8.13. The number of rotatable bonds is 6. The summed E-state index contributed by atoms with van der Waals surface area (Å²) in [6.45, 7) is 6.97. The molecule has 0 heterocycles. The Morgan fingerprint density at radius 3 is 2.47 bits per heavy atom. The Hall–Kier alpha value is -0.620. The van der Waals surface area contributed by atoms with Gasteiger partial charge in [0.15, 0.2) is 0 Å². The fraction of sp³-hybridized carbons (Fsp3) is 0.538. The Kier molecular flexibility index (Phi) is 5.80. The van der Waals surface area contributed by atoms with Gasteiger partial charge in [-0.25, -0.2) is 8.42 Å². The zero-order valence-electron chi connectivity index (χ0n) is 11.6. The summed E-state index contributed by atoms with van der Waals surface area (Å²) in [4.78, 5) is 0.139. The predicted octanol–water partition coefficient (Wildman–Crippen LogP) is 2.47. The largest absolute Gasteiger partial charge is 0.326 e. The van der Waals surface area contributed by atoms with Gasteiger partial charge in [-0.3, -0.25) is 0 Å². The molecule has 1 aromatic carbocycles. The highest BCUT2D eigenvalue weighted by Crippen LogP contribution is 2.26. The highest BCUT2D eigenvalue weighted by atomic mass is 35.5. The molecule has 0 spiro atoms. The molecule has 0 aliphatic carbocycles. The molecule has 0 aliphatic rings. The third-order valence-electron chi connectivity index (χ3n) is 2.77. The number of halogens is 1.